The molecule has 0 unspecified atom stereocenters. The van der Waals surface area contributed by atoms with Gasteiger partial charge in [-0.1, -0.05) is 12.1 Å². The van der Waals surface area contributed by atoms with E-state index in [4.69, 9.17) is 4.74 Å². The molecule has 0 aromatic heterocycles. The van der Waals surface area contributed by atoms with Gasteiger partial charge in [0.05, 0.1) is 11.0 Å². The summed E-state index contributed by atoms with van der Waals surface area (Å²) in [5.41, 5.74) is -0.279. The van der Waals surface area contributed by atoms with Crippen LogP contribution in [-0.2, 0) is 19.6 Å². The Morgan fingerprint density at radius 2 is 1.90 bits per heavy atom. The molecule has 0 radical (unpaired) electrons. The van der Waals surface area contributed by atoms with Crippen molar-refractivity contribution in [3.8, 4) is 0 Å². The van der Waals surface area contributed by atoms with E-state index in [2.05, 4.69) is 0 Å². The van der Waals surface area contributed by atoms with E-state index in [1.54, 1.807) is 26.0 Å². The lowest BCUT2D eigenvalue weighted by atomic mass is 10.1. The summed E-state index contributed by atoms with van der Waals surface area (Å²) in [7, 11) is -2.66. The van der Waals surface area contributed by atoms with Gasteiger partial charge < -0.3 is 9.84 Å². The number of carbonyl (C=O) groups is 1. The molecule has 0 amide bonds. The molecule has 0 spiro atoms. The molecular weight excluding hydrogens is 282 g/mol. The highest BCUT2D eigenvalue weighted by Gasteiger charge is 2.38. The van der Waals surface area contributed by atoms with E-state index in [0.29, 0.717) is 0 Å². The number of nitrogens with zero attached hydrogens (tertiary/aromatic N) is 1. The summed E-state index contributed by atoms with van der Waals surface area (Å²) in [6, 6.07) is 5.95. The highest BCUT2D eigenvalue weighted by atomic mass is 32.2. The normalized spacial score (nSPS) is 17.1. The van der Waals surface area contributed by atoms with E-state index in [-0.39, 0.29) is 16.2 Å². The minimum Gasteiger partial charge on any atom is -0.505 e. The van der Waals surface area contributed by atoms with Gasteiger partial charge in [-0.25, -0.2) is 13.2 Å². The number of aliphatic hydroxyl groups excluding tert-OH is 1. The molecule has 2 rings (SSSR count). The van der Waals surface area contributed by atoms with Crippen LogP contribution in [0.25, 0.3) is 5.76 Å². The number of hydrogen-bond acceptors (Lipinski definition) is 5. The Morgan fingerprint density at radius 1 is 1.30 bits per heavy atom. The van der Waals surface area contributed by atoms with E-state index in [1.165, 1.54) is 19.2 Å². The van der Waals surface area contributed by atoms with Crippen LogP contribution in [0.1, 0.15) is 19.4 Å². The van der Waals surface area contributed by atoms with Gasteiger partial charge in [-0.15, -0.1) is 0 Å². The molecule has 1 heterocycles. The second-order valence-corrected chi connectivity index (χ2v) is 6.56. The molecule has 108 valence electrons. The van der Waals surface area contributed by atoms with Crippen molar-refractivity contribution in [1.82, 2.24) is 4.31 Å². The molecule has 0 aliphatic carbocycles. The molecule has 0 atom stereocenters. The smallest absolute Gasteiger partial charge is 0.359 e. The maximum atomic E-state index is 12.3. The molecule has 0 saturated carbocycles. The van der Waals surface area contributed by atoms with Crippen LogP contribution in [0.4, 0.5) is 0 Å². The van der Waals surface area contributed by atoms with Gasteiger partial charge in [0.1, 0.15) is 0 Å². The third-order valence-corrected chi connectivity index (χ3v) is 4.67. The molecule has 20 heavy (non-hydrogen) atoms. The Morgan fingerprint density at radius 3 is 2.50 bits per heavy atom. The lowest BCUT2D eigenvalue weighted by molar-refractivity contribution is -0.143. The van der Waals surface area contributed by atoms with E-state index in [0.717, 1.165) is 4.31 Å². The van der Waals surface area contributed by atoms with Crippen molar-refractivity contribution >= 4 is 21.8 Å². The first-order valence-electron chi connectivity index (χ1n) is 5.99. The maximum Gasteiger partial charge on any atom is 0.359 e. The molecule has 0 saturated heterocycles. The standard InChI is InChI=1S/C13H15NO5S/c1-8(2)19-13(16)11-12(15)9-6-4-5-7-10(9)20(17,18)14(11)3/h4-8,15H,1-3H3. The Balaban J connectivity index is 2.66. The van der Waals surface area contributed by atoms with E-state index in [9.17, 15) is 18.3 Å². The van der Waals surface area contributed by atoms with Crippen molar-refractivity contribution in [2.45, 2.75) is 24.8 Å². The highest BCUT2D eigenvalue weighted by molar-refractivity contribution is 7.89. The minimum absolute atomic E-state index is 0.0407. The SMILES string of the molecule is CC(C)OC(=O)C1=C(O)c2ccccc2S(=O)(=O)N1C. The number of sulfonamides is 1. The number of rotatable bonds is 2. The molecule has 6 nitrogen and oxygen atoms in total. The first-order valence-corrected chi connectivity index (χ1v) is 7.43. The monoisotopic (exact) mass is 297 g/mol. The van der Waals surface area contributed by atoms with Gasteiger partial charge in [-0.3, -0.25) is 4.31 Å². The quantitative estimate of drug-likeness (QED) is 0.836. The largest absolute Gasteiger partial charge is 0.505 e. The molecule has 7 heteroatoms. The Bertz CT molecular complexity index is 690. The highest BCUT2D eigenvalue weighted by Crippen LogP contribution is 2.34. The number of carbonyl (C=O) groups excluding carboxylic acids is 1. The fourth-order valence-electron chi connectivity index (χ4n) is 1.93. The predicted molar refractivity (Wildman–Crippen MR) is 72.2 cm³/mol. The zero-order valence-electron chi connectivity index (χ0n) is 11.3. The summed E-state index contributed by atoms with van der Waals surface area (Å²) in [4.78, 5) is 11.9. The van der Waals surface area contributed by atoms with E-state index in [1.807, 2.05) is 0 Å². The molecule has 1 aromatic rings. The molecule has 0 fully saturated rings. The number of aliphatic hydroxyl groups is 1. The lowest BCUT2D eigenvalue weighted by Crippen LogP contribution is -2.36. The predicted octanol–water partition coefficient (Wildman–Crippen LogP) is 1.50. The van der Waals surface area contributed by atoms with Gasteiger partial charge in [0.15, 0.2) is 11.5 Å². The zero-order chi connectivity index (χ0) is 15.1. The first kappa shape index (κ1) is 14.4. The van der Waals surface area contributed by atoms with Crippen LogP contribution in [0.5, 0.6) is 0 Å². The van der Waals surface area contributed by atoms with Gasteiger partial charge >= 0.3 is 5.97 Å². The summed E-state index contributed by atoms with van der Waals surface area (Å²) in [6.07, 6.45) is -0.420. The fraction of sp³-hybridized carbons (Fsp3) is 0.308. The number of hydrogen-bond donors (Lipinski definition) is 1. The van der Waals surface area contributed by atoms with Crippen molar-refractivity contribution < 1.29 is 23.1 Å². The Labute approximate surface area is 117 Å². The topological polar surface area (TPSA) is 83.9 Å². The summed E-state index contributed by atoms with van der Waals surface area (Å²) < 4.78 is 30.4. The van der Waals surface area contributed by atoms with Crippen LogP contribution in [0.15, 0.2) is 34.9 Å². The summed E-state index contributed by atoms with van der Waals surface area (Å²) >= 11 is 0. The maximum absolute atomic E-state index is 12.3. The number of benzene rings is 1. The average molecular weight is 297 g/mol. The van der Waals surface area contributed by atoms with Gasteiger partial charge in [-0.05, 0) is 26.0 Å². The van der Waals surface area contributed by atoms with Crippen LogP contribution in [-0.4, -0.2) is 37.0 Å². The summed E-state index contributed by atoms with van der Waals surface area (Å²) in [5, 5.41) is 10.2. The number of ether oxygens (including phenoxy) is 1. The van der Waals surface area contributed by atoms with E-state index < -0.39 is 27.9 Å². The van der Waals surface area contributed by atoms with Crippen molar-refractivity contribution in [2.24, 2.45) is 0 Å². The Kier molecular flexibility index (Phi) is 3.47. The van der Waals surface area contributed by atoms with Gasteiger partial charge in [0.2, 0.25) is 0 Å². The summed E-state index contributed by atoms with van der Waals surface area (Å²) in [6.45, 7) is 3.28. The zero-order valence-corrected chi connectivity index (χ0v) is 12.1. The number of likely N-dealkylation sites (N-methyl/N-ethyl adjacent to an activating group) is 1. The second-order valence-electron chi connectivity index (χ2n) is 4.62. The third kappa shape index (κ3) is 2.14. The second kappa shape index (κ2) is 4.82. The molecule has 1 aromatic carbocycles. The molecule has 0 bridgehead atoms. The van der Waals surface area contributed by atoms with Crippen molar-refractivity contribution in [1.29, 1.82) is 0 Å². The van der Waals surface area contributed by atoms with E-state index >= 15 is 0 Å². The Hall–Kier alpha value is -2.02. The van der Waals surface area contributed by atoms with Gasteiger partial charge in [0, 0.05) is 12.6 Å². The molecular formula is C13H15NO5S. The fourth-order valence-corrected chi connectivity index (χ4v) is 3.32. The van der Waals surface area contributed by atoms with Gasteiger partial charge in [0.25, 0.3) is 10.0 Å². The number of esters is 1. The van der Waals surface area contributed by atoms with Crippen LogP contribution in [0.3, 0.4) is 0 Å². The van der Waals surface area contributed by atoms with Crippen LogP contribution >= 0.6 is 0 Å². The lowest BCUT2D eigenvalue weighted by Gasteiger charge is -2.28. The molecule has 1 aliphatic heterocycles. The molecule has 1 aliphatic rings. The van der Waals surface area contributed by atoms with Crippen LogP contribution in [0.2, 0.25) is 0 Å². The van der Waals surface area contributed by atoms with Crippen LogP contribution in [0, 0.1) is 0 Å². The van der Waals surface area contributed by atoms with Crippen LogP contribution < -0.4 is 0 Å². The molecule has 1 N–H and O–H groups in total. The van der Waals surface area contributed by atoms with Crippen molar-refractivity contribution in [3.63, 3.8) is 0 Å². The van der Waals surface area contributed by atoms with Gasteiger partial charge in [-0.2, -0.15) is 0 Å². The average Bonchev–Trinajstić information content (AvgIpc) is 2.36. The minimum atomic E-state index is -3.87. The van der Waals surface area contributed by atoms with Crippen molar-refractivity contribution in [2.75, 3.05) is 7.05 Å². The first-order chi connectivity index (χ1) is 9.26. The number of fused-ring (bicyclic) bond motifs is 1. The summed E-state index contributed by atoms with van der Waals surface area (Å²) in [5.74, 6) is -1.28. The third-order valence-electron chi connectivity index (χ3n) is 2.86. The van der Waals surface area contributed by atoms with Crippen molar-refractivity contribution in [3.05, 3.63) is 35.5 Å².